The summed E-state index contributed by atoms with van der Waals surface area (Å²) in [5.74, 6) is -1.26. The van der Waals surface area contributed by atoms with Crippen LogP contribution < -0.4 is 15.8 Å². The standard InChI is InChI=1S/C14H17N3O4/c1-8-6-10-12(14(21)17(8)7-11(18)19)15-13(20)9-4-2-3-5-16(9)10/h6,9H,2-5,7H2,1H3,(H,15,20)(H,18,19). The lowest BCUT2D eigenvalue weighted by atomic mass is 9.97. The highest BCUT2D eigenvalue weighted by atomic mass is 16.4. The van der Waals surface area contributed by atoms with Crippen LogP contribution in [0.5, 0.6) is 0 Å². The van der Waals surface area contributed by atoms with Crippen LogP contribution in [0.2, 0.25) is 0 Å². The van der Waals surface area contributed by atoms with Crippen molar-refractivity contribution in [2.45, 2.75) is 38.8 Å². The molecule has 7 heteroatoms. The van der Waals surface area contributed by atoms with Crippen LogP contribution in [-0.4, -0.2) is 34.1 Å². The fourth-order valence-corrected chi connectivity index (χ4v) is 3.13. The molecule has 1 atom stereocenters. The third kappa shape index (κ3) is 2.18. The summed E-state index contributed by atoms with van der Waals surface area (Å²) in [5, 5.41) is 11.6. The van der Waals surface area contributed by atoms with Gasteiger partial charge in [-0.1, -0.05) is 0 Å². The van der Waals surface area contributed by atoms with Gasteiger partial charge in [0.2, 0.25) is 5.91 Å². The highest BCUT2D eigenvalue weighted by Crippen LogP contribution is 2.34. The first-order valence-electron chi connectivity index (χ1n) is 7.03. The number of nitrogens with zero attached hydrogens (tertiary/aromatic N) is 2. The first-order valence-corrected chi connectivity index (χ1v) is 7.03. The average Bonchev–Trinajstić information content (AvgIpc) is 2.45. The van der Waals surface area contributed by atoms with Gasteiger partial charge in [0.1, 0.15) is 18.3 Å². The minimum absolute atomic E-state index is 0.176. The number of pyridine rings is 1. The van der Waals surface area contributed by atoms with Gasteiger partial charge in [0.05, 0.1) is 5.69 Å². The number of carboxylic acid groups (broad SMARTS) is 1. The number of aromatic nitrogens is 1. The number of carboxylic acids is 1. The second kappa shape index (κ2) is 4.91. The Hall–Kier alpha value is -2.31. The van der Waals surface area contributed by atoms with Crippen LogP contribution in [0.25, 0.3) is 0 Å². The molecule has 3 heterocycles. The van der Waals surface area contributed by atoms with E-state index >= 15 is 0 Å². The predicted molar refractivity (Wildman–Crippen MR) is 76.7 cm³/mol. The molecule has 0 radical (unpaired) electrons. The molecule has 0 aromatic carbocycles. The van der Waals surface area contributed by atoms with Crippen molar-refractivity contribution < 1.29 is 14.7 Å². The lowest BCUT2D eigenvalue weighted by molar-refractivity contribution is -0.137. The first-order chi connectivity index (χ1) is 9.99. The van der Waals surface area contributed by atoms with Crippen molar-refractivity contribution in [1.82, 2.24) is 4.57 Å². The number of anilines is 2. The van der Waals surface area contributed by atoms with Crippen LogP contribution in [0.1, 0.15) is 25.0 Å². The van der Waals surface area contributed by atoms with Crippen LogP contribution in [0.4, 0.5) is 11.4 Å². The van der Waals surface area contributed by atoms with Crippen LogP contribution in [0.15, 0.2) is 10.9 Å². The molecule has 21 heavy (non-hydrogen) atoms. The van der Waals surface area contributed by atoms with Crippen molar-refractivity contribution in [3.8, 4) is 0 Å². The second-order valence-corrected chi connectivity index (χ2v) is 5.53. The molecule has 0 spiro atoms. The topological polar surface area (TPSA) is 91.6 Å². The van der Waals surface area contributed by atoms with Gasteiger partial charge in [-0.3, -0.25) is 19.0 Å². The van der Waals surface area contributed by atoms with Gasteiger partial charge in [0.25, 0.3) is 5.56 Å². The van der Waals surface area contributed by atoms with E-state index in [0.717, 1.165) is 25.8 Å². The number of nitrogens with one attached hydrogen (secondary N) is 1. The summed E-state index contributed by atoms with van der Waals surface area (Å²) in [6.45, 7) is 2.05. The van der Waals surface area contributed by atoms with Crippen molar-refractivity contribution >= 4 is 23.3 Å². The molecule has 1 saturated heterocycles. The third-order valence-electron chi connectivity index (χ3n) is 4.14. The number of aryl methyl sites for hydroxylation is 1. The molecule has 0 bridgehead atoms. The maximum atomic E-state index is 12.4. The lowest BCUT2D eigenvalue weighted by Gasteiger charge is -2.41. The van der Waals surface area contributed by atoms with Crippen molar-refractivity contribution in [1.29, 1.82) is 0 Å². The van der Waals surface area contributed by atoms with Crippen molar-refractivity contribution in [3.63, 3.8) is 0 Å². The molecule has 3 rings (SSSR count). The molecule has 2 aliphatic rings. The fourth-order valence-electron chi connectivity index (χ4n) is 3.13. The fraction of sp³-hybridized carbons (Fsp3) is 0.500. The normalized spacial score (nSPS) is 20.5. The molecular weight excluding hydrogens is 274 g/mol. The number of hydrogen-bond donors (Lipinski definition) is 2. The molecule has 7 nitrogen and oxygen atoms in total. The Morgan fingerprint density at radius 1 is 1.43 bits per heavy atom. The van der Waals surface area contributed by atoms with E-state index in [0.29, 0.717) is 11.4 Å². The van der Waals surface area contributed by atoms with Crippen molar-refractivity contribution in [2.75, 3.05) is 16.8 Å². The molecule has 1 unspecified atom stereocenters. The van der Waals surface area contributed by atoms with E-state index in [1.165, 1.54) is 4.57 Å². The lowest BCUT2D eigenvalue weighted by Crippen LogP contribution is -2.52. The van der Waals surface area contributed by atoms with Gasteiger partial charge in [-0.2, -0.15) is 0 Å². The molecule has 1 amide bonds. The summed E-state index contributed by atoms with van der Waals surface area (Å²) >= 11 is 0. The second-order valence-electron chi connectivity index (χ2n) is 5.53. The molecule has 1 aromatic heterocycles. The van der Waals surface area contributed by atoms with E-state index in [9.17, 15) is 14.4 Å². The van der Waals surface area contributed by atoms with Gasteiger partial charge in [0, 0.05) is 12.2 Å². The Bertz CT molecular complexity index is 680. The minimum atomic E-state index is -1.09. The van der Waals surface area contributed by atoms with Crippen LogP contribution in [0.3, 0.4) is 0 Å². The summed E-state index contributed by atoms with van der Waals surface area (Å²) < 4.78 is 1.17. The highest BCUT2D eigenvalue weighted by Gasteiger charge is 2.36. The number of rotatable bonds is 2. The van der Waals surface area contributed by atoms with Crippen molar-refractivity contribution in [2.24, 2.45) is 0 Å². The third-order valence-corrected chi connectivity index (χ3v) is 4.14. The summed E-state index contributed by atoms with van der Waals surface area (Å²) in [6.07, 6.45) is 2.77. The summed E-state index contributed by atoms with van der Waals surface area (Å²) in [6, 6.07) is 1.57. The van der Waals surface area contributed by atoms with Gasteiger partial charge in [-0.15, -0.1) is 0 Å². The van der Waals surface area contributed by atoms with Crippen LogP contribution in [0, 0.1) is 6.92 Å². The number of fused-ring (bicyclic) bond motifs is 3. The molecule has 1 aromatic rings. The average molecular weight is 291 g/mol. The summed E-state index contributed by atoms with van der Waals surface area (Å²) in [7, 11) is 0. The Morgan fingerprint density at radius 3 is 2.90 bits per heavy atom. The highest BCUT2D eigenvalue weighted by molar-refractivity contribution is 6.03. The SMILES string of the molecule is Cc1cc2c(c(=O)n1CC(=O)O)NC(=O)C1CCCCN21. The van der Waals surface area contributed by atoms with E-state index in [-0.39, 0.29) is 17.6 Å². The zero-order valence-electron chi connectivity index (χ0n) is 11.8. The smallest absolute Gasteiger partial charge is 0.323 e. The molecule has 0 saturated carbocycles. The number of carbonyl (C=O) groups excluding carboxylic acids is 1. The van der Waals surface area contributed by atoms with Gasteiger partial charge in [-0.05, 0) is 32.3 Å². The number of carbonyl (C=O) groups is 2. The Kier molecular flexibility index (Phi) is 3.19. The maximum Gasteiger partial charge on any atom is 0.323 e. The number of amides is 1. The van der Waals surface area contributed by atoms with Gasteiger partial charge >= 0.3 is 5.97 Å². The number of piperidine rings is 1. The van der Waals surface area contributed by atoms with Crippen LogP contribution in [-0.2, 0) is 16.1 Å². The van der Waals surface area contributed by atoms with E-state index in [1.54, 1.807) is 13.0 Å². The van der Waals surface area contributed by atoms with E-state index in [2.05, 4.69) is 5.32 Å². The van der Waals surface area contributed by atoms with E-state index in [1.807, 2.05) is 4.90 Å². The largest absolute Gasteiger partial charge is 0.480 e. The Labute approximate surface area is 121 Å². The minimum Gasteiger partial charge on any atom is -0.480 e. The molecule has 2 N–H and O–H groups in total. The maximum absolute atomic E-state index is 12.4. The predicted octanol–water partition coefficient (Wildman–Crippen LogP) is 0.552. The van der Waals surface area contributed by atoms with E-state index < -0.39 is 18.1 Å². The number of hydrogen-bond acceptors (Lipinski definition) is 4. The van der Waals surface area contributed by atoms with Crippen molar-refractivity contribution in [3.05, 3.63) is 22.1 Å². The quantitative estimate of drug-likeness (QED) is 0.830. The Balaban J connectivity index is 2.13. The monoisotopic (exact) mass is 291 g/mol. The zero-order chi connectivity index (χ0) is 15.1. The summed E-state index contributed by atoms with van der Waals surface area (Å²) in [5.41, 5.74) is 1.04. The number of aliphatic carboxylic acids is 1. The molecular formula is C14H17N3O4. The van der Waals surface area contributed by atoms with Crippen LogP contribution >= 0.6 is 0 Å². The van der Waals surface area contributed by atoms with Gasteiger partial charge in [-0.25, -0.2) is 0 Å². The van der Waals surface area contributed by atoms with Gasteiger partial charge < -0.3 is 15.3 Å². The molecule has 0 aliphatic carbocycles. The molecule has 2 aliphatic heterocycles. The zero-order valence-corrected chi connectivity index (χ0v) is 11.8. The summed E-state index contributed by atoms with van der Waals surface area (Å²) in [4.78, 5) is 37.4. The van der Waals surface area contributed by atoms with Gasteiger partial charge in [0.15, 0.2) is 0 Å². The van der Waals surface area contributed by atoms with E-state index in [4.69, 9.17) is 5.11 Å². The molecule has 1 fully saturated rings. The molecule has 112 valence electrons. The Morgan fingerprint density at radius 2 is 2.19 bits per heavy atom. The first kappa shape index (κ1) is 13.7.